The summed E-state index contributed by atoms with van der Waals surface area (Å²) in [5.41, 5.74) is 3.79. The third-order valence-electron chi connectivity index (χ3n) is 3.76. The lowest BCUT2D eigenvalue weighted by Gasteiger charge is -2.14. The summed E-state index contributed by atoms with van der Waals surface area (Å²) in [5.74, 6) is 0.245. The van der Waals surface area contributed by atoms with Gasteiger partial charge in [-0.2, -0.15) is 0 Å². The third kappa shape index (κ3) is 5.65. The van der Waals surface area contributed by atoms with E-state index in [2.05, 4.69) is 0 Å². The van der Waals surface area contributed by atoms with Crippen molar-refractivity contribution in [3.05, 3.63) is 64.7 Å². The van der Waals surface area contributed by atoms with E-state index < -0.39 is 15.9 Å². The zero-order valence-electron chi connectivity index (χ0n) is 14.3. The van der Waals surface area contributed by atoms with Crippen molar-refractivity contribution in [1.82, 2.24) is 0 Å². The summed E-state index contributed by atoms with van der Waals surface area (Å²) in [5, 5.41) is 10.0. The lowest BCUT2D eigenvalue weighted by Crippen LogP contribution is -2.28. The molecule has 0 saturated heterocycles. The molecule has 1 unspecified atom stereocenters. The Morgan fingerprint density at radius 2 is 1.75 bits per heavy atom. The maximum Gasteiger partial charge on any atom is 0.157 e. The Balaban J connectivity index is 1.94. The summed E-state index contributed by atoms with van der Waals surface area (Å²) >= 11 is 0. The van der Waals surface area contributed by atoms with Gasteiger partial charge in [0.05, 0.1) is 11.5 Å². The molecule has 4 nitrogen and oxygen atoms in total. The van der Waals surface area contributed by atoms with Gasteiger partial charge in [-0.15, -0.1) is 0 Å². The van der Waals surface area contributed by atoms with Crippen molar-refractivity contribution in [1.29, 1.82) is 0 Å². The predicted molar refractivity (Wildman–Crippen MR) is 96.1 cm³/mol. The van der Waals surface area contributed by atoms with E-state index in [1.165, 1.54) is 0 Å². The highest BCUT2D eigenvalue weighted by Crippen LogP contribution is 2.16. The van der Waals surface area contributed by atoms with Crippen LogP contribution in [0.15, 0.2) is 42.5 Å². The molecule has 5 heteroatoms. The first kappa shape index (κ1) is 18.5. The van der Waals surface area contributed by atoms with Crippen molar-refractivity contribution < 1.29 is 18.3 Å². The summed E-state index contributed by atoms with van der Waals surface area (Å²) < 4.78 is 30.1. The van der Waals surface area contributed by atoms with Gasteiger partial charge in [0.1, 0.15) is 18.5 Å². The molecule has 0 amide bonds. The second-order valence-corrected chi connectivity index (χ2v) is 8.37. The number of rotatable bonds is 7. The van der Waals surface area contributed by atoms with Crippen molar-refractivity contribution in [3.8, 4) is 5.75 Å². The average molecular weight is 348 g/mol. The minimum atomic E-state index is -3.42. The molecule has 0 aromatic heterocycles. The number of hydrogen-bond donors (Lipinski definition) is 1. The van der Waals surface area contributed by atoms with Gasteiger partial charge >= 0.3 is 0 Å². The fourth-order valence-electron chi connectivity index (χ4n) is 2.49. The predicted octanol–water partition coefficient (Wildman–Crippen LogP) is 2.97. The largest absolute Gasteiger partial charge is 0.491 e. The molecule has 2 aromatic rings. The molecule has 0 fully saturated rings. The number of sulfone groups is 1. The van der Waals surface area contributed by atoms with Crippen LogP contribution < -0.4 is 4.74 Å². The maximum atomic E-state index is 12.3. The Hall–Kier alpha value is -1.85. The van der Waals surface area contributed by atoms with Crippen LogP contribution in [0.3, 0.4) is 0 Å². The number of aliphatic hydroxyl groups is 1. The van der Waals surface area contributed by atoms with Gasteiger partial charge in [-0.1, -0.05) is 35.9 Å². The Bertz CT molecular complexity index is 797. The second kappa shape index (κ2) is 7.81. The van der Waals surface area contributed by atoms with Gasteiger partial charge in [-0.05, 0) is 49.6 Å². The van der Waals surface area contributed by atoms with Gasteiger partial charge in [0.2, 0.25) is 0 Å². The standard InChI is InChI=1S/C19H24O4S/c1-14-5-4-6-19(10-14)23-11-18(20)13-24(21,22)12-17-9-15(2)7-8-16(17)3/h4-10,18,20H,11-13H2,1-3H3. The van der Waals surface area contributed by atoms with Crippen molar-refractivity contribution in [2.75, 3.05) is 12.4 Å². The zero-order chi connectivity index (χ0) is 17.7. The molecule has 0 radical (unpaired) electrons. The zero-order valence-corrected chi connectivity index (χ0v) is 15.1. The topological polar surface area (TPSA) is 63.6 Å². The Labute approximate surface area is 144 Å². The van der Waals surface area contributed by atoms with Crippen LogP contribution in [0.25, 0.3) is 0 Å². The van der Waals surface area contributed by atoms with Crippen molar-refractivity contribution in [2.24, 2.45) is 0 Å². The van der Waals surface area contributed by atoms with E-state index in [9.17, 15) is 13.5 Å². The molecule has 0 aliphatic rings. The number of aliphatic hydroxyl groups excluding tert-OH is 1. The van der Waals surface area contributed by atoms with Gasteiger partial charge in [0, 0.05) is 0 Å². The lowest BCUT2D eigenvalue weighted by atomic mass is 10.1. The van der Waals surface area contributed by atoms with Crippen LogP contribution in [-0.4, -0.2) is 32.0 Å². The van der Waals surface area contributed by atoms with Crippen LogP contribution in [0.1, 0.15) is 22.3 Å². The Morgan fingerprint density at radius 1 is 1.04 bits per heavy atom. The van der Waals surface area contributed by atoms with Gasteiger partial charge in [0.25, 0.3) is 0 Å². The molecular weight excluding hydrogens is 324 g/mol. The lowest BCUT2D eigenvalue weighted by molar-refractivity contribution is 0.125. The van der Waals surface area contributed by atoms with Gasteiger partial charge in [-0.3, -0.25) is 0 Å². The molecular formula is C19H24O4S. The molecule has 24 heavy (non-hydrogen) atoms. The molecule has 0 spiro atoms. The monoisotopic (exact) mass is 348 g/mol. The Kier molecular flexibility index (Phi) is 6.02. The maximum absolute atomic E-state index is 12.3. The van der Waals surface area contributed by atoms with E-state index in [-0.39, 0.29) is 18.1 Å². The fraction of sp³-hybridized carbons (Fsp3) is 0.368. The van der Waals surface area contributed by atoms with Crippen LogP contribution in [0.5, 0.6) is 5.75 Å². The second-order valence-electron chi connectivity index (χ2n) is 6.27. The van der Waals surface area contributed by atoms with Crippen LogP contribution in [-0.2, 0) is 15.6 Å². The first-order valence-corrected chi connectivity index (χ1v) is 9.71. The molecule has 2 rings (SSSR count). The summed E-state index contributed by atoms with van der Waals surface area (Å²) in [6.07, 6.45) is -1.05. The number of benzene rings is 2. The SMILES string of the molecule is Cc1cccc(OCC(O)CS(=O)(=O)Cc2cc(C)ccc2C)c1. The third-order valence-corrected chi connectivity index (χ3v) is 5.40. The fourth-order valence-corrected chi connectivity index (χ4v) is 4.08. The molecule has 2 aromatic carbocycles. The van der Waals surface area contributed by atoms with E-state index >= 15 is 0 Å². The molecule has 1 N–H and O–H groups in total. The minimum Gasteiger partial charge on any atom is -0.491 e. The van der Waals surface area contributed by atoms with Crippen molar-refractivity contribution in [2.45, 2.75) is 32.6 Å². The number of aryl methyl sites for hydroxylation is 3. The molecule has 0 saturated carbocycles. The normalized spacial score (nSPS) is 12.8. The molecule has 0 aliphatic carbocycles. The van der Waals surface area contributed by atoms with Crippen LogP contribution in [0, 0.1) is 20.8 Å². The molecule has 130 valence electrons. The molecule has 1 atom stereocenters. The minimum absolute atomic E-state index is 0.0461. The summed E-state index contributed by atoms with van der Waals surface area (Å²) in [6, 6.07) is 13.2. The van der Waals surface area contributed by atoms with Crippen LogP contribution in [0.2, 0.25) is 0 Å². The summed E-state index contributed by atoms with van der Waals surface area (Å²) in [6.45, 7) is 5.72. The average Bonchev–Trinajstić information content (AvgIpc) is 2.48. The van der Waals surface area contributed by atoms with Crippen molar-refractivity contribution in [3.63, 3.8) is 0 Å². The number of ether oxygens (including phenoxy) is 1. The van der Waals surface area contributed by atoms with Crippen LogP contribution >= 0.6 is 0 Å². The van der Waals surface area contributed by atoms with Gasteiger partial charge < -0.3 is 9.84 Å². The highest BCUT2D eigenvalue weighted by Gasteiger charge is 2.19. The Morgan fingerprint density at radius 3 is 2.46 bits per heavy atom. The smallest absolute Gasteiger partial charge is 0.157 e. The highest BCUT2D eigenvalue weighted by molar-refractivity contribution is 7.90. The van der Waals surface area contributed by atoms with Crippen LogP contribution in [0.4, 0.5) is 0 Å². The molecule has 0 heterocycles. The first-order valence-electron chi connectivity index (χ1n) is 7.89. The van der Waals surface area contributed by atoms with E-state index in [4.69, 9.17) is 4.74 Å². The quantitative estimate of drug-likeness (QED) is 0.835. The molecule has 0 aliphatic heterocycles. The van der Waals surface area contributed by atoms with Gasteiger partial charge in [0.15, 0.2) is 9.84 Å². The summed E-state index contributed by atoms with van der Waals surface area (Å²) in [7, 11) is -3.42. The van der Waals surface area contributed by atoms with E-state index in [0.29, 0.717) is 5.75 Å². The van der Waals surface area contributed by atoms with E-state index in [1.54, 1.807) is 6.07 Å². The number of hydrogen-bond acceptors (Lipinski definition) is 4. The van der Waals surface area contributed by atoms with Gasteiger partial charge in [-0.25, -0.2) is 8.42 Å². The summed E-state index contributed by atoms with van der Waals surface area (Å²) in [4.78, 5) is 0. The molecule has 0 bridgehead atoms. The first-order chi connectivity index (χ1) is 11.2. The van der Waals surface area contributed by atoms with E-state index in [1.807, 2.05) is 57.2 Å². The van der Waals surface area contributed by atoms with Crippen molar-refractivity contribution >= 4 is 9.84 Å². The highest BCUT2D eigenvalue weighted by atomic mass is 32.2. The van der Waals surface area contributed by atoms with E-state index in [0.717, 1.165) is 22.3 Å².